The van der Waals surface area contributed by atoms with E-state index >= 15 is 0 Å². The van der Waals surface area contributed by atoms with Crippen molar-refractivity contribution < 1.29 is 0 Å². The quantitative estimate of drug-likeness (QED) is 0.808. The van der Waals surface area contributed by atoms with Gasteiger partial charge in [-0.3, -0.25) is 0 Å². The first kappa shape index (κ1) is 12.6. The second-order valence-corrected chi connectivity index (χ2v) is 3.61. The maximum Gasteiger partial charge on any atom is 0.163 e. The molecule has 5 heteroatoms. The van der Waals surface area contributed by atoms with Crippen molar-refractivity contribution >= 4 is 17.3 Å². The van der Waals surface area contributed by atoms with E-state index in [9.17, 15) is 0 Å². The van der Waals surface area contributed by atoms with Crippen LogP contribution in [0.15, 0.2) is 29.5 Å². The van der Waals surface area contributed by atoms with Crippen molar-refractivity contribution in [2.75, 3.05) is 5.32 Å². The van der Waals surface area contributed by atoms with Crippen molar-refractivity contribution in [2.24, 2.45) is 0 Å². The topological polar surface area (TPSA) is 83.4 Å². The van der Waals surface area contributed by atoms with Crippen LogP contribution in [0.2, 0.25) is 5.02 Å². The van der Waals surface area contributed by atoms with Gasteiger partial charge in [-0.05, 0) is 30.7 Å². The van der Waals surface area contributed by atoms with Crippen molar-refractivity contribution in [3.63, 3.8) is 0 Å². The Bertz CT molecular complexity index is 580. The number of halogens is 1. The van der Waals surface area contributed by atoms with Crippen LogP contribution in [0.5, 0.6) is 0 Å². The standard InChI is InChI=1S/C12H7ClN4/c1-8-4-10(13)2-3-11(8)17-12(7-16)9(5-14)6-15/h2-4,17H,1H3. The van der Waals surface area contributed by atoms with E-state index in [4.69, 9.17) is 27.4 Å². The number of nitrogens with zero attached hydrogens (tertiary/aromatic N) is 3. The number of hydrogen-bond acceptors (Lipinski definition) is 4. The molecule has 0 aliphatic heterocycles. The maximum absolute atomic E-state index is 8.87. The molecular weight excluding hydrogens is 236 g/mol. The van der Waals surface area contributed by atoms with E-state index in [1.807, 2.05) is 6.92 Å². The van der Waals surface area contributed by atoms with Crippen LogP contribution in [0, 0.1) is 40.9 Å². The molecule has 0 atom stereocenters. The van der Waals surface area contributed by atoms with E-state index in [-0.39, 0.29) is 11.3 Å². The molecule has 0 aliphatic rings. The molecule has 4 nitrogen and oxygen atoms in total. The fraction of sp³-hybridized carbons (Fsp3) is 0.0833. The highest BCUT2D eigenvalue weighted by Crippen LogP contribution is 2.21. The summed E-state index contributed by atoms with van der Waals surface area (Å²) in [6, 6.07) is 10.2. The summed E-state index contributed by atoms with van der Waals surface area (Å²) in [6.07, 6.45) is 0. The predicted molar refractivity (Wildman–Crippen MR) is 63.7 cm³/mol. The smallest absolute Gasteiger partial charge is 0.163 e. The molecule has 0 heterocycles. The monoisotopic (exact) mass is 242 g/mol. The minimum Gasteiger partial charge on any atom is -0.345 e. The van der Waals surface area contributed by atoms with Crippen LogP contribution in [-0.2, 0) is 0 Å². The number of benzene rings is 1. The Morgan fingerprint density at radius 1 is 1.18 bits per heavy atom. The highest BCUT2D eigenvalue weighted by Gasteiger charge is 2.07. The van der Waals surface area contributed by atoms with Crippen LogP contribution in [0.25, 0.3) is 0 Å². The molecule has 82 valence electrons. The van der Waals surface area contributed by atoms with Crippen LogP contribution in [0.4, 0.5) is 5.69 Å². The number of nitriles is 3. The van der Waals surface area contributed by atoms with Gasteiger partial charge in [0.1, 0.15) is 23.9 Å². The Labute approximate surface area is 104 Å². The Morgan fingerprint density at radius 3 is 2.29 bits per heavy atom. The molecule has 0 aliphatic carbocycles. The Hall–Kier alpha value is -2.48. The zero-order chi connectivity index (χ0) is 12.8. The highest BCUT2D eigenvalue weighted by atomic mass is 35.5. The third-order valence-corrected chi connectivity index (χ3v) is 2.27. The lowest BCUT2D eigenvalue weighted by atomic mass is 10.2. The van der Waals surface area contributed by atoms with Gasteiger partial charge in [-0.2, -0.15) is 15.8 Å². The molecule has 0 saturated heterocycles. The average Bonchev–Trinajstić information content (AvgIpc) is 2.32. The van der Waals surface area contributed by atoms with Crippen LogP contribution >= 0.6 is 11.6 Å². The molecule has 1 N–H and O–H groups in total. The number of nitrogens with one attached hydrogen (secondary N) is 1. The zero-order valence-corrected chi connectivity index (χ0v) is 9.71. The fourth-order valence-electron chi connectivity index (χ4n) is 1.19. The number of rotatable bonds is 2. The third-order valence-electron chi connectivity index (χ3n) is 2.03. The minimum atomic E-state index is -0.248. The lowest BCUT2D eigenvalue weighted by Crippen LogP contribution is -2.02. The van der Waals surface area contributed by atoms with Crippen LogP contribution < -0.4 is 5.32 Å². The second-order valence-electron chi connectivity index (χ2n) is 3.17. The summed E-state index contributed by atoms with van der Waals surface area (Å²) in [7, 11) is 0. The van der Waals surface area contributed by atoms with E-state index in [0.29, 0.717) is 10.7 Å². The molecule has 0 fully saturated rings. The summed E-state index contributed by atoms with van der Waals surface area (Å²) in [4.78, 5) is 0. The fourth-order valence-corrected chi connectivity index (χ4v) is 1.41. The van der Waals surface area contributed by atoms with Crippen LogP contribution in [0.1, 0.15) is 5.56 Å². The first-order chi connectivity index (χ1) is 8.12. The van der Waals surface area contributed by atoms with Gasteiger partial charge in [0.25, 0.3) is 0 Å². The largest absolute Gasteiger partial charge is 0.345 e. The first-order valence-corrected chi connectivity index (χ1v) is 4.98. The molecule has 0 amide bonds. The van der Waals surface area contributed by atoms with Crippen molar-refractivity contribution in [2.45, 2.75) is 6.92 Å². The Balaban J connectivity index is 3.16. The SMILES string of the molecule is Cc1cc(Cl)ccc1NC(C#N)=C(C#N)C#N. The van der Waals surface area contributed by atoms with Crippen molar-refractivity contribution in [1.29, 1.82) is 15.8 Å². The van der Waals surface area contributed by atoms with Gasteiger partial charge in [-0.1, -0.05) is 11.6 Å². The number of hydrogen-bond donors (Lipinski definition) is 1. The summed E-state index contributed by atoms with van der Waals surface area (Å²) < 4.78 is 0. The minimum absolute atomic E-state index is 0.0691. The molecule has 17 heavy (non-hydrogen) atoms. The van der Waals surface area contributed by atoms with E-state index in [2.05, 4.69) is 5.32 Å². The summed E-state index contributed by atoms with van der Waals surface area (Å²) in [6.45, 7) is 1.81. The van der Waals surface area contributed by atoms with Gasteiger partial charge in [0, 0.05) is 10.7 Å². The third kappa shape index (κ3) is 2.98. The molecule has 1 aromatic carbocycles. The van der Waals surface area contributed by atoms with Gasteiger partial charge >= 0.3 is 0 Å². The zero-order valence-electron chi connectivity index (χ0n) is 8.95. The molecule has 0 radical (unpaired) electrons. The molecule has 1 aromatic rings. The van der Waals surface area contributed by atoms with Crippen molar-refractivity contribution in [3.05, 3.63) is 40.1 Å². The number of allylic oxidation sites excluding steroid dienone is 2. The molecule has 0 bridgehead atoms. The van der Waals surface area contributed by atoms with E-state index in [0.717, 1.165) is 5.56 Å². The molecule has 1 rings (SSSR count). The van der Waals surface area contributed by atoms with Crippen molar-refractivity contribution in [1.82, 2.24) is 0 Å². The summed E-state index contributed by atoms with van der Waals surface area (Å²) in [5, 5.41) is 29.5. The van der Waals surface area contributed by atoms with Gasteiger partial charge in [-0.15, -0.1) is 0 Å². The normalized spacial score (nSPS) is 8.41. The van der Waals surface area contributed by atoms with E-state index in [1.54, 1.807) is 36.4 Å². The lowest BCUT2D eigenvalue weighted by molar-refractivity contribution is 1.35. The molecule has 0 saturated carbocycles. The Kier molecular flexibility index (Phi) is 4.12. The molecule has 0 unspecified atom stereocenters. The Morgan fingerprint density at radius 2 is 1.82 bits per heavy atom. The predicted octanol–water partition coefficient (Wildman–Crippen LogP) is 2.89. The lowest BCUT2D eigenvalue weighted by Gasteiger charge is -2.08. The second kappa shape index (κ2) is 5.56. The molecule has 0 spiro atoms. The van der Waals surface area contributed by atoms with E-state index in [1.165, 1.54) is 0 Å². The van der Waals surface area contributed by atoms with Gasteiger partial charge < -0.3 is 5.32 Å². The summed E-state index contributed by atoms with van der Waals surface area (Å²) in [5.41, 5.74) is 1.14. The molecular formula is C12H7ClN4. The van der Waals surface area contributed by atoms with Crippen LogP contribution in [0.3, 0.4) is 0 Å². The maximum atomic E-state index is 8.87. The van der Waals surface area contributed by atoms with Gasteiger partial charge in [0.05, 0.1) is 0 Å². The van der Waals surface area contributed by atoms with Gasteiger partial charge in [0.2, 0.25) is 0 Å². The van der Waals surface area contributed by atoms with Gasteiger partial charge in [0.15, 0.2) is 5.57 Å². The summed E-state index contributed by atoms with van der Waals surface area (Å²) in [5.74, 6) is 0. The average molecular weight is 243 g/mol. The van der Waals surface area contributed by atoms with Crippen molar-refractivity contribution in [3.8, 4) is 18.2 Å². The van der Waals surface area contributed by atoms with E-state index < -0.39 is 0 Å². The number of anilines is 1. The highest BCUT2D eigenvalue weighted by molar-refractivity contribution is 6.30. The van der Waals surface area contributed by atoms with Gasteiger partial charge in [-0.25, -0.2) is 0 Å². The first-order valence-electron chi connectivity index (χ1n) is 4.60. The summed E-state index contributed by atoms with van der Waals surface area (Å²) >= 11 is 5.79. The molecule has 0 aromatic heterocycles. The number of aryl methyl sites for hydroxylation is 1. The van der Waals surface area contributed by atoms with Crippen LogP contribution in [-0.4, -0.2) is 0 Å².